The Bertz CT molecular complexity index is 352. The molecular weight excluding hydrogens is 205 g/mol. The molecule has 1 nitrogen and oxygen atoms in total. The molecule has 1 aromatic rings. The van der Waals surface area contributed by atoms with Gasteiger partial charge < -0.3 is 0 Å². The molecule has 0 unspecified atom stereocenters. The molecule has 0 N–H and O–H groups in total. The van der Waals surface area contributed by atoms with E-state index in [9.17, 15) is 18.0 Å². The molecule has 0 fully saturated rings. The second kappa shape index (κ2) is 4.77. The first-order chi connectivity index (χ1) is 7.00. The summed E-state index contributed by atoms with van der Waals surface area (Å²) in [5, 5.41) is 0. The van der Waals surface area contributed by atoms with Crippen molar-refractivity contribution in [2.24, 2.45) is 0 Å². The van der Waals surface area contributed by atoms with Gasteiger partial charge in [0.1, 0.15) is 0 Å². The molecule has 0 aliphatic heterocycles. The molecule has 0 heterocycles. The predicted molar refractivity (Wildman–Crippen MR) is 51.2 cm³/mol. The lowest BCUT2D eigenvalue weighted by Gasteiger charge is -2.00. The molecular formula is C11H9F3O. The van der Waals surface area contributed by atoms with Crippen molar-refractivity contribution in [3.8, 4) is 0 Å². The number of Topliss-reactive ketones (excluding diaryl/α,β-unsaturated/α-hetero) is 1. The molecule has 1 rings (SSSR count). The first-order valence-corrected chi connectivity index (χ1v) is 4.32. The molecule has 0 bridgehead atoms. The van der Waals surface area contributed by atoms with Crippen LogP contribution in [0.5, 0.6) is 0 Å². The number of hydrogen-bond donors (Lipinski definition) is 0. The zero-order valence-electron chi connectivity index (χ0n) is 7.79. The van der Waals surface area contributed by atoms with Gasteiger partial charge in [-0.3, -0.25) is 4.79 Å². The molecule has 1 aromatic carbocycles. The van der Waals surface area contributed by atoms with E-state index in [1.807, 2.05) is 0 Å². The van der Waals surface area contributed by atoms with E-state index in [1.54, 1.807) is 30.3 Å². The maximum atomic E-state index is 11.8. The van der Waals surface area contributed by atoms with Gasteiger partial charge in [-0.25, -0.2) is 0 Å². The fourth-order valence-corrected chi connectivity index (χ4v) is 0.982. The van der Waals surface area contributed by atoms with Gasteiger partial charge >= 0.3 is 6.18 Å². The van der Waals surface area contributed by atoms with Crippen molar-refractivity contribution in [3.05, 3.63) is 42.0 Å². The van der Waals surface area contributed by atoms with Gasteiger partial charge in [-0.1, -0.05) is 42.5 Å². The summed E-state index contributed by atoms with van der Waals surface area (Å²) in [5.74, 6) is -1.73. The topological polar surface area (TPSA) is 17.1 Å². The minimum Gasteiger partial charge on any atom is -0.289 e. The Balaban J connectivity index is 2.51. The highest BCUT2D eigenvalue weighted by atomic mass is 19.4. The normalized spacial score (nSPS) is 11.9. The highest BCUT2D eigenvalue weighted by Crippen LogP contribution is 2.18. The first kappa shape index (κ1) is 11.5. The van der Waals surface area contributed by atoms with E-state index >= 15 is 0 Å². The van der Waals surface area contributed by atoms with Gasteiger partial charge in [-0.2, -0.15) is 13.2 Å². The standard InChI is InChI=1S/C11H9F3O/c12-11(13,14)10(15)8-4-7-9-5-2-1-3-6-9/h1-7H,8H2/b7-4+. The monoisotopic (exact) mass is 214 g/mol. The Morgan fingerprint density at radius 3 is 2.33 bits per heavy atom. The molecule has 0 amide bonds. The van der Waals surface area contributed by atoms with Crippen molar-refractivity contribution in [2.75, 3.05) is 0 Å². The summed E-state index contributed by atoms with van der Waals surface area (Å²) in [4.78, 5) is 10.5. The summed E-state index contributed by atoms with van der Waals surface area (Å²) in [6.07, 6.45) is -2.64. The van der Waals surface area contributed by atoms with Crippen LogP contribution in [-0.2, 0) is 4.79 Å². The minimum atomic E-state index is -4.74. The minimum absolute atomic E-state index is 0.613. The van der Waals surface area contributed by atoms with E-state index in [0.717, 1.165) is 5.56 Å². The number of halogens is 3. The number of carbonyl (C=O) groups is 1. The average molecular weight is 214 g/mol. The van der Waals surface area contributed by atoms with Gasteiger partial charge in [-0.05, 0) is 5.56 Å². The van der Waals surface area contributed by atoms with Crippen LogP contribution in [0.25, 0.3) is 6.08 Å². The predicted octanol–water partition coefficient (Wildman–Crippen LogP) is 3.22. The van der Waals surface area contributed by atoms with E-state index < -0.39 is 18.4 Å². The molecule has 0 saturated carbocycles. The molecule has 0 aliphatic rings. The second-order valence-corrected chi connectivity index (χ2v) is 2.94. The van der Waals surface area contributed by atoms with E-state index in [0.29, 0.717) is 0 Å². The molecule has 0 atom stereocenters. The zero-order valence-corrected chi connectivity index (χ0v) is 7.79. The molecule has 0 radical (unpaired) electrons. The molecule has 4 heteroatoms. The lowest BCUT2D eigenvalue weighted by Crippen LogP contribution is -2.21. The van der Waals surface area contributed by atoms with Crippen LogP contribution in [0.2, 0.25) is 0 Å². The fourth-order valence-electron chi connectivity index (χ4n) is 0.982. The van der Waals surface area contributed by atoms with Gasteiger partial charge in [0.05, 0.1) is 0 Å². The molecule has 0 aliphatic carbocycles. The Hall–Kier alpha value is -1.58. The van der Waals surface area contributed by atoms with Crippen LogP contribution in [0.15, 0.2) is 36.4 Å². The lowest BCUT2D eigenvalue weighted by molar-refractivity contribution is -0.170. The van der Waals surface area contributed by atoms with Gasteiger partial charge in [-0.15, -0.1) is 0 Å². The molecule has 0 aromatic heterocycles. The van der Waals surface area contributed by atoms with E-state index in [4.69, 9.17) is 0 Å². The van der Waals surface area contributed by atoms with Crippen LogP contribution in [-0.4, -0.2) is 12.0 Å². The van der Waals surface area contributed by atoms with Crippen molar-refractivity contribution in [3.63, 3.8) is 0 Å². The third-order valence-corrected chi connectivity index (χ3v) is 1.73. The SMILES string of the molecule is O=C(C/C=C/c1ccccc1)C(F)(F)F. The van der Waals surface area contributed by atoms with Crippen molar-refractivity contribution < 1.29 is 18.0 Å². The summed E-state index contributed by atoms with van der Waals surface area (Å²) in [5.41, 5.74) is 0.771. The van der Waals surface area contributed by atoms with Crippen molar-refractivity contribution in [2.45, 2.75) is 12.6 Å². The van der Waals surface area contributed by atoms with Crippen LogP contribution < -0.4 is 0 Å². The van der Waals surface area contributed by atoms with Crippen LogP contribution in [0.3, 0.4) is 0 Å². The van der Waals surface area contributed by atoms with E-state index in [1.165, 1.54) is 12.2 Å². The highest BCUT2D eigenvalue weighted by Gasteiger charge is 2.36. The summed E-state index contributed by atoms with van der Waals surface area (Å²) >= 11 is 0. The van der Waals surface area contributed by atoms with Crippen LogP contribution in [0.1, 0.15) is 12.0 Å². The summed E-state index contributed by atoms with van der Waals surface area (Å²) < 4.78 is 35.4. The van der Waals surface area contributed by atoms with E-state index in [2.05, 4.69) is 0 Å². The maximum absolute atomic E-state index is 11.8. The molecule has 15 heavy (non-hydrogen) atoms. The number of ketones is 1. The third-order valence-electron chi connectivity index (χ3n) is 1.73. The number of benzene rings is 1. The number of carbonyl (C=O) groups excluding carboxylic acids is 1. The number of alkyl halides is 3. The van der Waals surface area contributed by atoms with Crippen LogP contribution in [0.4, 0.5) is 13.2 Å². The molecule has 0 saturated heterocycles. The second-order valence-electron chi connectivity index (χ2n) is 2.94. The van der Waals surface area contributed by atoms with Gasteiger partial charge in [0.15, 0.2) is 0 Å². The van der Waals surface area contributed by atoms with Crippen molar-refractivity contribution >= 4 is 11.9 Å². The highest BCUT2D eigenvalue weighted by molar-refractivity contribution is 5.85. The van der Waals surface area contributed by atoms with Crippen molar-refractivity contribution in [1.82, 2.24) is 0 Å². The van der Waals surface area contributed by atoms with Gasteiger partial charge in [0.25, 0.3) is 0 Å². The maximum Gasteiger partial charge on any atom is 0.450 e. The third kappa shape index (κ3) is 3.97. The number of rotatable bonds is 3. The van der Waals surface area contributed by atoms with Crippen molar-refractivity contribution in [1.29, 1.82) is 0 Å². The first-order valence-electron chi connectivity index (χ1n) is 4.32. The Kier molecular flexibility index (Phi) is 3.66. The number of hydrogen-bond acceptors (Lipinski definition) is 1. The molecule has 0 spiro atoms. The van der Waals surface area contributed by atoms with E-state index in [-0.39, 0.29) is 0 Å². The smallest absolute Gasteiger partial charge is 0.289 e. The Morgan fingerprint density at radius 1 is 1.20 bits per heavy atom. The van der Waals surface area contributed by atoms with Crippen LogP contribution in [0, 0.1) is 0 Å². The summed E-state index contributed by atoms with van der Waals surface area (Å²) in [6.45, 7) is 0. The zero-order chi connectivity index (χ0) is 11.3. The number of allylic oxidation sites excluding steroid dienone is 1. The van der Waals surface area contributed by atoms with Gasteiger partial charge in [0, 0.05) is 6.42 Å². The van der Waals surface area contributed by atoms with Crippen LogP contribution >= 0.6 is 0 Å². The largest absolute Gasteiger partial charge is 0.450 e. The fraction of sp³-hybridized carbons (Fsp3) is 0.182. The lowest BCUT2D eigenvalue weighted by atomic mass is 10.2. The summed E-state index contributed by atoms with van der Waals surface area (Å²) in [6, 6.07) is 8.83. The molecule has 80 valence electrons. The quantitative estimate of drug-likeness (QED) is 0.755. The Labute approximate surface area is 85.2 Å². The average Bonchev–Trinajstić information content (AvgIpc) is 2.18. The Morgan fingerprint density at radius 2 is 1.80 bits per heavy atom. The summed E-state index contributed by atoms with van der Waals surface area (Å²) in [7, 11) is 0. The van der Waals surface area contributed by atoms with Gasteiger partial charge in [0.2, 0.25) is 5.78 Å².